The summed E-state index contributed by atoms with van der Waals surface area (Å²) in [6.45, 7) is 0. The second-order valence-electron chi connectivity index (χ2n) is 6.90. The van der Waals surface area contributed by atoms with E-state index in [0.717, 1.165) is 23.0 Å². The first-order valence-corrected chi connectivity index (χ1v) is 10.3. The van der Waals surface area contributed by atoms with Crippen LogP contribution in [0.15, 0.2) is 66.2 Å². The van der Waals surface area contributed by atoms with Crippen molar-refractivity contribution in [2.24, 2.45) is 5.10 Å². The molecule has 1 atom stereocenters. The zero-order chi connectivity index (χ0) is 21.5. The number of aromatic amines is 1. The van der Waals surface area contributed by atoms with Crippen molar-refractivity contribution in [2.45, 2.75) is 6.17 Å². The monoisotopic (exact) mass is 439 g/mol. The highest BCUT2D eigenvalue weighted by Gasteiger charge is 2.38. The summed E-state index contributed by atoms with van der Waals surface area (Å²) in [7, 11) is 0. The Balaban J connectivity index is 1.29. The summed E-state index contributed by atoms with van der Waals surface area (Å²) >= 11 is 1.21. The van der Waals surface area contributed by atoms with Gasteiger partial charge >= 0.3 is 0 Å². The third-order valence-electron chi connectivity index (χ3n) is 5.03. The molecule has 2 aliphatic rings. The lowest BCUT2D eigenvalue weighted by Gasteiger charge is -2.31. The molecule has 31 heavy (non-hydrogen) atoms. The number of H-pyrrole nitrogens is 1. The molecule has 1 amide bonds. The number of thioether (sulfide) groups is 1. The Kier molecular flexibility index (Phi) is 4.70. The van der Waals surface area contributed by atoms with Crippen LogP contribution in [0.25, 0.3) is 10.9 Å². The van der Waals surface area contributed by atoms with Gasteiger partial charge in [-0.1, -0.05) is 30.0 Å². The molecule has 0 aliphatic carbocycles. The number of aromatic nitrogens is 1. The maximum Gasteiger partial charge on any atom is 0.276 e. The molecule has 1 unspecified atom stereocenters. The number of hydrogen-bond acceptors (Lipinski definition) is 6. The van der Waals surface area contributed by atoms with Gasteiger partial charge in [-0.05, 0) is 18.2 Å². The van der Waals surface area contributed by atoms with Crippen molar-refractivity contribution in [3.05, 3.63) is 78.3 Å². The van der Waals surface area contributed by atoms with E-state index in [0.29, 0.717) is 10.7 Å². The minimum atomic E-state index is -1.04. The number of nitrogens with zero attached hydrogens (tertiary/aromatic N) is 3. The first-order valence-electron chi connectivity index (χ1n) is 9.33. The van der Waals surface area contributed by atoms with Gasteiger partial charge in [0, 0.05) is 41.1 Å². The van der Waals surface area contributed by atoms with Crippen LogP contribution in [0.1, 0.15) is 10.4 Å². The molecule has 0 bridgehead atoms. The quantitative estimate of drug-likeness (QED) is 0.610. The van der Waals surface area contributed by atoms with Gasteiger partial charge in [-0.25, -0.2) is 8.78 Å². The lowest BCUT2D eigenvalue weighted by molar-refractivity contribution is -0.122. The van der Waals surface area contributed by atoms with E-state index < -0.39 is 23.7 Å². The number of ketones is 1. The highest BCUT2D eigenvalue weighted by molar-refractivity contribution is 8.14. The van der Waals surface area contributed by atoms with Crippen molar-refractivity contribution in [1.29, 1.82) is 0 Å². The number of amidine groups is 1. The molecule has 2 N–H and O–H groups in total. The molecule has 7 nitrogen and oxygen atoms in total. The Morgan fingerprint density at radius 1 is 1.13 bits per heavy atom. The van der Waals surface area contributed by atoms with Crippen molar-refractivity contribution in [1.82, 2.24) is 15.3 Å². The number of benzene rings is 2. The van der Waals surface area contributed by atoms with E-state index >= 15 is 0 Å². The predicted octanol–water partition coefficient (Wildman–Crippen LogP) is 3.38. The van der Waals surface area contributed by atoms with Crippen LogP contribution in [-0.2, 0) is 4.79 Å². The van der Waals surface area contributed by atoms with Crippen LogP contribution in [0, 0.1) is 11.6 Å². The minimum absolute atomic E-state index is 0.0654. The van der Waals surface area contributed by atoms with E-state index in [-0.39, 0.29) is 17.2 Å². The number of rotatable bonds is 4. The van der Waals surface area contributed by atoms with E-state index in [2.05, 4.69) is 15.5 Å². The van der Waals surface area contributed by atoms with Crippen LogP contribution in [-0.4, -0.2) is 38.7 Å². The van der Waals surface area contributed by atoms with Crippen molar-refractivity contribution in [3.63, 3.8) is 0 Å². The molecule has 0 saturated heterocycles. The Morgan fingerprint density at radius 2 is 1.97 bits per heavy atom. The van der Waals surface area contributed by atoms with Crippen molar-refractivity contribution in [2.75, 3.05) is 10.7 Å². The number of anilines is 1. The molecule has 0 fully saturated rings. The van der Waals surface area contributed by atoms with Gasteiger partial charge in [0.25, 0.3) is 5.91 Å². The van der Waals surface area contributed by atoms with Gasteiger partial charge in [-0.15, -0.1) is 0 Å². The minimum Gasteiger partial charge on any atom is -0.360 e. The fourth-order valence-electron chi connectivity index (χ4n) is 3.48. The molecule has 5 rings (SSSR count). The summed E-state index contributed by atoms with van der Waals surface area (Å²) in [5.74, 6) is -2.36. The van der Waals surface area contributed by atoms with Crippen molar-refractivity contribution < 1.29 is 18.4 Å². The molecule has 3 heterocycles. The third-order valence-corrected chi connectivity index (χ3v) is 6.00. The summed E-state index contributed by atoms with van der Waals surface area (Å²) < 4.78 is 26.8. The van der Waals surface area contributed by atoms with E-state index in [1.54, 1.807) is 17.3 Å². The number of carbonyl (C=O) groups excluding carboxylic acids is 2. The highest BCUT2D eigenvalue weighted by atomic mass is 32.2. The molecular formula is C21H15F2N5O2S. The van der Waals surface area contributed by atoms with Gasteiger partial charge in [-0.3, -0.25) is 24.8 Å². The van der Waals surface area contributed by atoms with Crippen molar-refractivity contribution >= 4 is 45.2 Å². The lowest BCUT2D eigenvalue weighted by Crippen LogP contribution is -2.52. The summed E-state index contributed by atoms with van der Waals surface area (Å²) in [5.41, 5.74) is 4.43. The maximum atomic E-state index is 13.6. The fraction of sp³-hybridized carbons (Fsp3) is 0.0952. The van der Waals surface area contributed by atoms with Crippen LogP contribution in [0.4, 0.5) is 14.5 Å². The third kappa shape index (κ3) is 3.34. The molecule has 0 spiro atoms. The Morgan fingerprint density at radius 3 is 2.81 bits per heavy atom. The Hall–Kier alpha value is -3.66. The van der Waals surface area contributed by atoms with Gasteiger partial charge in [-0.2, -0.15) is 5.10 Å². The molecule has 0 saturated carbocycles. The molecule has 2 aromatic carbocycles. The Bertz CT molecular complexity index is 1270. The molecule has 2 aliphatic heterocycles. The number of hydrogen-bond donors (Lipinski definition) is 2. The lowest BCUT2D eigenvalue weighted by atomic mass is 10.1. The number of Topliss-reactive ketones (excluding diaryl/α,β-unsaturated/α-hetero) is 1. The van der Waals surface area contributed by atoms with Gasteiger partial charge in [0.15, 0.2) is 22.6 Å². The smallest absolute Gasteiger partial charge is 0.276 e. The predicted molar refractivity (Wildman–Crippen MR) is 114 cm³/mol. The van der Waals surface area contributed by atoms with Crippen LogP contribution < -0.4 is 10.3 Å². The molecule has 1 aromatic heterocycles. The van der Waals surface area contributed by atoms with Crippen LogP contribution >= 0.6 is 11.8 Å². The normalized spacial score (nSPS) is 17.7. The van der Waals surface area contributed by atoms with Gasteiger partial charge in [0.1, 0.15) is 0 Å². The second-order valence-corrected chi connectivity index (χ2v) is 7.84. The molecule has 0 radical (unpaired) electrons. The molecular weight excluding hydrogens is 424 g/mol. The van der Waals surface area contributed by atoms with Gasteiger partial charge < -0.3 is 4.98 Å². The number of halogens is 2. The van der Waals surface area contributed by atoms with Gasteiger partial charge in [0.05, 0.1) is 11.4 Å². The number of carbonyl (C=O) groups is 2. The SMILES string of the molecule is O=C(CSC1=NNC2C(=O)N(c3ccc(F)c(F)c3)C=CN12)c1c[nH]c2ccccc12. The first kappa shape index (κ1) is 19.3. The zero-order valence-electron chi connectivity index (χ0n) is 15.9. The van der Waals surface area contributed by atoms with Crippen LogP contribution in [0.3, 0.4) is 0 Å². The molecule has 3 aromatic rings. The fourth-order valence-corrected chi connectivity index (χ4v) is 4.33. The van der Waals surface area contributed by atoms with E-state index in [4.69, 9.17) is 0 Å². The average molecular weight is 439 g/mol. The molecule has 10 heteroatoms. The number of nitrogens with one attached hydrogen (secondary N) is 2. The first-order chi connectivity index (χ1) is 15.0. The topological polar surface area (TPSA) is 80.8 Å². The van der Waals surface area contributed by atoms with E-state index in [1.165, 1.54) is 28.9 Å². The highest BCUT2D eigenvalue weighted by Crippen LogP contribution is 2.27. The number of amides is 1. The van der Waals surface area contributed by atoms with Gasteiger partial charge in [0.2, 0.25) is 6.17 Å². The number of fused-ring (bicyclic) bond motifs is 2. The van der Waals surface area contributed by atoms with E-state index in [1.807, 2.05) is 24.3 Å². The largest absolute Gasteiger partial charge is 0.360 e. The zero-order valence-corrected chi connectivity index (χ0v) is 16.7. The number of para-hydroxylation sites is 1. The summed E-state index contributed by atoms with van der Waals surface area (Å²) in [6.07, 6.45) is 3.92. The summed E-state index contributed by atoms with van der Waals surface area (Å²) in [5, 5.41) is 5.49. The summed E-state index contributed by atoms with van der Waals surface area (Å²) in [6, 6.07) is 10.8. The second kappa shape index (κ2) is 7.55. The number of hydrazone groups is 1. The van der Waals surface area contributed by atoms with Crippen LogP contribution in [0.5, 0.6) is 0 Å². The average Bonchev–Trinajstić information content (AvgIpc) is 3.39. The molecule has 156 valence electrons. The standard InChI is InChI=1S/C21H15F2N5O2S/c22-15-6-5-12(9-16(15)23)27-7-8-28-19(20(27)30)25-26-21(28)31-11-18(29)14-10-24-17-4-2-1-3-13(14)17/h1-10,19,24-25H,11H2. The maximum absolute atomic E-state index is 13.6. The van der Waals surface area contributed by atoms with E-state index in [9.17, 15) is 18.4 Å². The van der Waals surface area contributed by atoms with Crippen LogP contribution in [0.2, 0.25) is 0 Å². The Labute approximate surface area is 179 Å². The summed E-state index contributed by atoms with van der Waals surface area (Å²) in [4.78, 5) is 31.4. The van der Waals surface area contributed by atoms with Crippen molar-refractivity contribution in [3.8, 4) is 0 Å².